The number of rotatable bonds is 2. The predicted octanol–water partition coefficient (Wildman–Crippen LogP) is 2.95. The normalized spacial score (nSPS) is 25.0. The molecule has 3 rings (SSSR count). The number of hydrogen-bond donors (Lipinski definition) is 1. The van der Waals surface area contributed by atoms with E-state index in [9.17, 15) is 0 Å². The van der Waals surface area contributed by atoms with Gasteiger partial charge in [-0.2, -0.15) is 4.37 Å². The van der Waals surface area contributed by atoms with E-state index in [1.165, 1.54) is 24.4 Å². The Morgan fingerprint density at radius 2 is 2.06 bits per heavy atom. The number of ether oxygens (including phenoxy) is 1. The summed E-state index contributed by atoms with van der Waals surface area (Å²) >= 11 is 1.43. The fraction of sp³-hybridized carbons (Fsp3) is 0.462. The minimum atomic E-state index is 0.160. The van der Waals surface area contributed by atoms with Crippen LogP contribution >= 0.6 is 11.5 Å². The average molecular weight is 248 g/mol. The summed E-state index contributed by atoms with van der Waals surface area (Å²) in [6, 6.07) is 8.26. The van der Waals surface area contributed by atoms with E-state index in [-0.39, 0.29) is 12.1 Å². The van der Waals surface area contributed by atoms with Crippen LogP contribution in [0.3, 0.4) is 0 Å². The molecule has 0 amide bonds. The van der Waals surface area contributed by atoms with E-state index in [1.54, 1.807) is 0 Å². The molecular formula is C13H16N2OS. The Bertz CT molecular complexity index is 511. The van der Waals surface area contributed by atoms with Crippen LogP contribution in [0.2, 0.25) is 0 Å². The molecule has 17 heavy (non-hydrogen) atoms. The summed E-state index contributed by atoms with van der Waals surface area (Å²) in [7, 11) is 0. The van der Waals surface area contributed by atoms with Crippen molar-refractivity contribution in [3.8, 4) is 5.06 Å². The van der Waals surface area contributed by atoms with Gasteiger partial charge in [-0.05, 0) is 31.4 Å². The second-order valence-electron chi connectivity index (χ2n) is 4.59. The van der Waals surface area contributed by atoms with Gasteiger partial charge in [0.25, 0.3) is 0 Å². The number of nitrogens with zero attached hydrogens (tertiary/aromatic N) is 1. The van der Waals surface area contributed by atoms with Gasteiger partial charge in [0, 0.05) is 17.6 Å². The molecule has 2 aromatic rings. The highest BCUT2D eigenvalue weighted by atomic mass is 32.1. The van der Waals surface area contributed by atoms with E-state index in [0.29, 0.717) is 0 Å². The quantitative estimate of drug-likeness (QED) is 0.889. The molecule has 1 aliphatic rings. The lowest BCUT2D eigenvalue weighted by atomic mass is 9.93. The molecule has 2 atom stereocenters. The van der Waals surface area contributed by atoms with Crippen molar-refractivity contribution in [3.05, 3.63) is 24.3 Å². The number of benzene rings is 1. The van der Waals surface area contributed by atoms with Crippen LogP contribution < -0.4 is 10.5 Å². The van der Waals surface area contributed by atoms with Gasteiger partial charge >= 0.3 is 0 Å². The molecule has 0 spiro atoms. The standard InChI is InChI=1S/C13H16N2OS/c14-10-6-2-4-8-12(10)16-13-9-5-1-3-7-11(9)15-17-13/h1,3,5,7,10,12H,2,4,6,8,14H2. The Balaban J connectivity index is 1.84. The van der Waals surface area contributed by atoms with Crippen LogP contribution in [0.15, 0.2) is 24.3 Å². The molecule has 4 heteroatoms. The molecule has 0 saturated heterocycles. The van der Waals surface area contributed by atoms with Crippen LogP contribution in [0.4, 0.5) is 0 Å². The van der Waals surface area contributed by atoms with E-state index >= 15 is 0 Å². The molecule has 1 aliphatic carbocycles. The monoisotopic (exact) mass is 248 g/mol. The first-order chi connectivity index (χ1) is 8.34. The van der Waals surface area contributed by atoms with E-state index in [4.69, 9.17) is 10.5 Å². The third-order valence-corrected chi connectivity index (χ3v) is 4.13. The molecule has 0 radical (unpaired) electrons. The lowest BCUT2D eigenvalue weighted by molar-refractivity contribution is 0.138. The maximum atomic E-state index is 6.10. The molecule has 90 valence electrons. The first-order valence-corrected chi connectivity index (χ1v) is 6.88. The summed E-state index contributed by atoms with van der Waals surface area (Å²) in [4.78, 5) is 0. The Morgan fingerprint density at radius 1 is 1.24 bits per heavy atom. The van der Waals surface area contributed by atoms with Crippen molar-refractivity contribution >= 4 is 22.4 Å². The SMILES string of the molecule is NC1CCCCC1Oc1snc2ccccc12. The van der Waals surface area contributed by atoms with Gasteiger partial charge < -0.3 is 10.5 Å². The van der Waals surface area contributed by atoms with Crippen LogP contribution in [0, 0.1) is 0 Å². The van der Waals surface area contributed by atoms with E-state index in [0.717, 1.165) is 28.8 Å². The van der Waals surface area contributed by atoms with Gasteiger partial charge in [0.05, 0.1) is 10.9 Å². The second kappa shape index (κ2) is 4.63. The van der Waals surface area contributed by atoms with Crippen molar-refractivity contribution in [2.24, 2.45) is 5.73 Å². The number of fused-ring (bicyclic) bond motifs is 1. The topological polar surface area (TPSA) is 48.1 Å². The van der Waals surface area contributed by atoms with E-state index in [1.807, 2.05) is 18.2 Å². The number of nitrogens with two attached hydrogens (primary N) is 1. The molecule has 0 bridgehead atoms. The van der Waals surface area contributed by atoms with Crippen LogP contribution in [0.1, 0.15) is 25.7 Å². The zero-order chi connectivity index (χ0) is 11.7. The van der Waals surface area contributed by atoms with Crippen LogP contribution in [-0.2, 0) is 0 Å². The first kappa shape index (κ1) is 11.0. The summed E-state index contributed by atoms with van der Waals surface area (Å²) in [5.41, 5.74) is 7.11. The summed E-state index contributed by atoms with van der Waals surface area (Å²) in [5.74, 6) is 0. The molecule has 1 fully saturated rings. The molecule has 2 unspecified atom stereocenters. The first-order valence-electron chi connectivity index (χ1n) is 6.11. The maximum Gasteiger partial charge on any atom is 0.201 e. The lowest BCUT2D eigenvalue weighted by Gasteiger charge is -2.28. The summed E-state index contributed by atoms with van der Waals surface area (Å²) in [6.45, 7) is 0. The molecule has 0 aliphatic heterocycles. The smallest absolute Gasteiger partial charge is 0.201 e. The Labute approximate surface area is 105 Å². The van der Waals surface area contributed by atoms with Gasteiger partial charge in [0.2, 0.25) is 5.06 Å². The summed E-state index contributed by atoms with van der Waals surface area (Å²) in [6.07, 6.45) is 4.74. The Hall–Kier alpha value is -1.13. The van der Waals surface area contributed by atoms with Crippen molar-refractivity contribution in [3.63, 3.8) is 0 Å². The fourth-order valence-electron chi connectivity index (χ4n) is 2.36. The fourth-order valence-corrected chi connectivity index (χ4v) is 3.14. The van der Waals surface area contributed by atoms with Crippen molar-refractivity contribution in [2.75, 3.05) is 0 Å². The third-order valence-electron chi connectivity index (χ3n) is 3.36. The summed E-state index contributed by atoms with van der Waals surface area (Å²) < 4.78 is 10.4. The maximum absolute atomic E-state index is 6.10. The van der Waals surface area contributed by atoms with Gasteiger partial charge in [-0.1, -0.05) is 18.6 Å². The van der Waals surface area contributed by atoms with Crippen molar-refractivity contribution in [1.82, 2.24) is 4.37 Å². The van der Waals surface area contributed by atoms with Crippen molar-refractivity contribution in [1.29, 1.82) is 0 Å². The van der Waals surface area contributed by atoms with Gasteiger partial charge in [-0.15, -0.1) is 0 Å². The van der Waals surface area contributed by atoms with E-state index in [2.05, 4.69) is 10.4 Å². The molecule has 1 saturated carbocycles. The van der Waals surface area contributed by atoms with Gasteiger partial charge in [0.1, 0.15) is 6.10 Å². The summed E-state index contributed by atoms with van der Waals surface area (Å²) in [5, 5.41) is 2.03. The molecule has 1 aromatic carbocycles. The van der Waals surface area contributed by atoms with Gasteiger partial charge in [-0.25, -0.2) is 0 Å². The molecule has 1 aromatic heterocycles. The lowest BCUT2D eigenvalue weighted by Crippen LogP contribution is -2.41. The van der Waals surface area contributed by atoms with Crippen LogP contribution in [-0.4, -0.2) is 16.5 Å². The predicted molar refractivity (Wildman–Crippen MR) is 70.5 cm³/mol. The van der Waals surface area contributed by atoms with Crippen LogP contribution in [0.25, 0.3) is 10.9 Å². The van der Waals surface area contributed by atoms with Crippen molar-refractivity contribution < 1.29 is 4.74 Å². The molecule has 1 heterocycles. The zero-order valence-corrected chi connectivity index (χ0v) is 10.5. The van der Waals surface area contributed by atoms with Gasteiger partial charge in [0.15, 0.2) is 0 Å². The molecule has 2 N–H and O–H groups in total. The Kier molecular flexibility index (Phi) is 2.99. The number of aromatic nitrogens is 1. The largest absolute Gasteiger partial charge is 0.477 e. The second-order valence-corrected chi connectivity index (χ2v) is 5.33. The highest BCUT2D eigenvalue weighted by Crippen LogP contribution is 2.32. The minimum Gasteiger partial charge on any atom is -0.477 e. The van der Waals surface area contributed by atoms with Gasteiger partial charge in [-0.3, -0.25) is 0 Å². The number of hydrogen-bond acceptors (Lipinski definition) is 4. The van der Waals surface area contributed by atoms with E-state index < -0.39 is 0 Å². The van der Waals surface area contributed by atoms with Crippen molar-refractivity contribution in [2.45, 2.75) is 37.8 Å². The average Bonchev–Trinajstić information content (AvgIpc) is 2.76. The third kappa shape index (κ3) is 2.15. The highest BCUT2D eigenvalue weighted by molar-refractivity contribution is 7.09. The molecular weight excluding hydrogens is 232 g/mol. The Morgan fingerprint density at radius 3 is 2.94 bits per heavy atom. The zero-order valence-electron chi connectivity index (χ0n) is 9.63. The minimum absolute atomic E-state index is 0.160. The van der Waals surface area contributed by atoms with Crippen LogP contribution in [0.5, 0.6) is 5.06 Å². The highest BCUT2D eigenvalue weighted by Gasteiger charge is 2.24. The molecule has 3 nitrogen and oxygen atoms in total.